The number of hydrogen-bond donors (Lipinski definition) is 1. The average Bonchev–Trinajstić information content (AvgIpc) is 3.17. The van der Waals surface area contributed by atoms with E-state index in [1.54, 1.807) is 4.68 Å². The molecule has 1 heterocycles. The Balaban J connectivity index is 1.69. The molecular weight excluding hydrogens is 358 g/mol. The number of thioether (sulfide) groups is 1. The summed E-state index contributed by atoms with van der Waals surface area (Å²) in [4.78, 5) is 12.3. The fourth-order valence-corrected chi connectivity index (χ4v) is 5.36. The topological polar surface area (TPSA) is 46.9 Å². The zero-order chi connectivity index (χ0) is 17.1. The van der Waals surface area contributed by atoms with Crippen LogP contribution in [0, 0.1) is 10.9 Å². The number of nitrogens with zero attached hydrogens (tertiary/aromatic N) is 2. The fourth-order valence-electron chi connectivity index (χ4n) is 2.86. The number of aromatic nitrogens is 2. The summed E-state index contributed by atoms with van der Waals surface area (Å²) in [5.74, 6) is 0.0930. The maximum atomic E-state index is 12.3. The van der Waals surface area contributed by atoms with Crippen molar-refractivity contribution in [1.29, 1.82) is 0 Å². The van der Waals surface area contributed by atoms with Crippen LogP contribution in [0.1, 0.15) is 38.2 Å². The summed E-state index contributed by atoms with van der Waals surface area (Å²) in [5.41, 5.74) is 2.12. The quantitative estimate of drug-likeness (QED) is 0.613. The molecule has 128 valence electrons. The number of carbonyl (C=O) groups excluding carboxylic acids is 1. The highest BCUT2D eigenvalue weighted by atomic mass is 32.2. The molecule has 4 nitrogen and oxygen atoms in total. The van der Waals surface area contributed by atoms with Gasteiger partial charge in [-0.05, 0) is 50.5 Å². The first kappa shape index (κ1) is 17.6. The van der Waals surface area contributed by atoms with Gasteiger partial charge in [-0.2, -0.15) is 0 Å². The molecule has 0 unspecified atom stereocenters. The largest absolute Gasteiger partial charge is 0.352 e. The van der Waals surface area contributed by atoms with Crippen LogP contribution in [0.5, 0.6) is 0 Å². The molecule has 1 aromatic carbocycles. The second-order valence-corrected chi connectivity index (χ2v) is 9.29. The van der Waals surface area contributed by atoms with Gasteiger partial charge >= 0.3 is 0 Å². The minimum absolute atomic E-state index is 0.0930. The van der Waals surface area contributed by atoms with Crippen LogP contribution in [0.3, 0.4) is 0 Å². The predicted molar refractivity (Wildman–Crippen MR) is 103 cm³/mol. The molecule has 24 heavy (non-hydrogen) atoms. The maximum Gasteiger partial charge on any atom is 0.233 e. The molecule has 2 aromatic rings. The monoisotopic (exact) mass is 379 g/mol. The molecule has 1 amide bonds. The number of aryl methyl sites for hydroxylation is 1. The van der Waals surface area contributed by atoms with Crippen molar-refractivity contribution < 1.29 is 4.79 Å². The smallest absolute Gasteiger partial charge is 0.233 e. The highest BCUT2D eigenvalue weighted by molar-refractivity contribution is 8.02. The Morgan fingerprint density at radius 2 is 2.12 bits per heavy atom. The van der Waals surface area contributed by atoms with E-state index in [4.69, 9.17) is 12.2 Å². The van der Waals surface area contributed by atoms with Crippen LogP contribution in [-0.4, -0.2) is 27.0 Å². The molecule has 0 spiro atoms. The summed E-state index contributed by atoms with van der Waals surface area (Å²) in [6.45, 7) is 3.97. The first-order valence-electron chi connectivity index (χ1n) is 8.18. The minimum Gasteiger partial charge on any atom is -0.352 e. The number of carbonyl (C=O) groups is 1. The highest BCUT2D eigenvalue weighted by Crippen LogP contribution is 2.29. The molecule has 3 rings (SSSR count). The first-order chi connectivity index (χ1) is 11.5. The summed E-state index contributed by atoms with van der Waals surface area (Å²) < 4.78 is 3.33. The Kier molecular flexibility index (Phi) is 5.73. The highest BCUT2D eigenvalue weighted by Gasteiger charge is 2.22. The molecule has 1 aliphatic rings. The van der Waals surface area contributed by atoms with Gasteiger partial charge in [0.2, 0.25) is 5.91 Å². The molecule has 0 bridgehead atoms. The van der Waals surface area contributed by atoms with Crippen LogP contribution < -0.4 is 5.32 Å². The van der Waals surface area contributed by atoms with E-state index >= 15 is 0 Å². The van der Waals surface area contributed by atoms with Crippen molar-refractivity contribution in [3.8, 4) is 5.69 Å². The molecule has 1 saturated carbocycles. The van der Waals surface area contributed by atoms with Gasteiger partial charge < -0.3 is 5.32 Å². The number of rotatable bonds is 5. The second kappa shape index (κ2) is 7.80. The summed E-state index contributed by atoms with van der Waals surface area (Å²) in [6, 6.07) is 8.38. The number of benzene rings is 1. The maximum absolute atomic E-state index is 12.3. The lowest BCUT2D eigenvalue weighted by molar-refractivity contribution is -0.120. The Labute approximate surface area is 155 Å². The third-order valence-electron chi connectivity index (χ3n) is 4.22. The van der Waals surface area contributed by atoms with E-state index in [1.165, 1.54) is 35.9 Å². The van der Waals surface area contributed by atoms with Gasteiger partial charge in [-0.15, -0.1) is 5.10 Å². The van der Waals surface area contributed by atoms with Gasteiger partial charge in [-0.25, -0.2) is 4.68 Å². The normalized spacial score (nSPS) is 16.2. The van der Waals surface area contributed by atoms with E-state index in [0.29, 0.717) is 10.00 Å². The van der Waals surface area contributed by atoms with Gasteiger partial charge in [0.15, 0.2) is 8.29 Å². The van der Waals surface area contributed by atoms with E-state index in [1.807, 2.05) is 38.1 Å². The molecule has 1 aromatic heterocycles. The van der Waals surface area contributed by atoms with Crippen molar-refractivity contribution in [2.24, 2.45) is 0 Å². The van der Waals surface area contributed by atoms with Gasteiger partial charge in [0.25, 0.3) is 0 Å². The number of para-hydroxylation sites is 1. The van der Waals surface area contributed by atoms with E-state index in [9.17, 15) is 4.79 Å². The molecule has 1 aliphatic carbocycles. The number of amides is 1. The summed E-state index contributed by atoms with van der Waals surface area (Å²) in [7, 11) is 0. The molecule has 0 radical (unpaired) electrons. The molecule has 7 heteroatoms. The number of hydrogen-bond acceptors (Lipinski definition) is 5. The van der Waals surface area contributed by atoms with Crippen molar-refractivity contribution >= 4 is 41.2 Å². The molecule has 1 atom stereocenters. The SMILES string of the molecule is Cc1ccccc1-n1nc(S[C@@H](C)C(=O)NC2CCCC2)sc1=S. The summed E-state index contributed by atoms with van der Waals surface area (Å²) in [6.07, 6.45) is 4.64. The standard InChI is InChI=1S/C17H21N3OS3/c1-11-7-3-6-10-14(11)20-17(22)24-16(19-20)23-12(2)15(21)18-13-8-4-5-9-13/h3,6-7,10,12-13H,4-5,8-9H2,1-2H3,(H,18,21)/t12-/m0/s1. The van der Waals surface area contributed by atoms with E-state index in [-0.39, 0.29) is 11.2 Å². The van der Waals surface area contributed by atoms with Gasteiger partial charge in [0.1, 0.15) is 0 Å². The first-order valence-corrected chi connectivity index (χ1v) is 10.3. The summed E-state index contributed by atoms with van der Waals surface area (Å²) in [5, 5.41) is 7.58. The van der Waals surface area contributed by atoms with Gasteiger partial charge in [0.05, 0.1) is 10.9 Å². The molecule has 1 fully saturated rings. The molecule has 0 saturated heterocycles. The van der Waals surface area contributed by atoms with E-state index in [2.05, 4.69) is 10.4 Å². The van der Waals surface area contributed by atoms with Gasteiger partial charge in [-0.1, -0.05) is 54.1 Å². The zero-order valence-corrected chi connectivity index (χ0v) is 16.3. The predicted octanol–water partition coefficient (Wildman–Crippen LogP) is 4.51. The Hall–Kier alpha value is -1.18. The summed E-state index contributed by atoms with van der Waals surface area (Å²) >= 11 is 8.39. The van der Waals surface area contributed by atoms with E-state index in [0.717, 1.165) is 28.4 Å². The Bertz CT molecular complexity index is 777. The van der Waals surface area contributed by atoms with Crippen molar-refractivity contribution in [3.05, 3.63) is 33.8 Å². The van der Waals surface area contributed by atoms with Crippen molar-refractivity contribution in [2.75, 3.05) is 0 Å². The van der Waals surface area contributed by atoms with Crippen LogP contribution in [0.15, 0.2) is 28.6 Å². The van der Waals surface area contributed by atoms with Gasteiger partial charge in [-0.3, -0.25) is 4.79 Å². The average molecular weight is 380 g/mol. The van der Waals surface area contributed by atoms with Crippen molar-refractivity contribution in [1.82, 2.24) is 15.1 Å². The van der Waals surface area contributed by atoms with Crippen LogP contribution >= 0.6 is 35.3 Å². The molecule has 0 aliphatic heterocycles. The Morgan fingerprint density at radius 3 is 2.83 bits per heavy atom. The third-order valence-corrected chi connectivity index (χ3v) is 6.64. The van der Waals surface area contributed by atoms with Crippen LogP contribution in [0.4, 0.5) is 0 Å². The van der Waals surface area contributed by atoms with Crippen LogP contribution in [-0.2, 0) is 4.79 Å². The molecular formula is C17H21N3OS3. The lowest BCUT2D eigenvalue weighted by Gasteiger charge is -2.15. The molecule has 1 N–H and O–H groups in total. The minimum atomic E-state index is -0.170. The van der Waals surface area contributed by atoms with Crippen LogP contribution in [0.2, 0.25) is 0 Å². The lowest BCUT2D eigenvalue weighted by atomic mass is 10.2. The van der Waals surface area contributed by atoms with Crippen molar-refractivity contribution in [2.45, 2.75) is 55.2 Å². The third kappa shape index (κ3) is 4.07. The fraction of sp³-hybridized carbons (Fsp3) is 0.471. The van der Waals surface area contributed by atoms with Gasteiger partial charge in [0, 0.05) is 6.04 Å². The Morgan fingerprint density at radius 1 is 1.42 bits per heavy atom. The lowest BCUT2D eigenvalue weighted by Crippen LogP contribution is -2.37. The zero-order valence-electron chi connectivity index (χ0n) is 13.8. The van der Waals surface area contributed by atoms with E-state index < -0.39 is 0 Å². The second-order valence-electron chi connectivity index (χ2n) is 6.08. The van der Waals surface area contributed by atoms with Crippen LogP contribution in [0.25, 0.3) is 5.69 Å². The van der Waals surface area contributed by atoms with Crippen molar-refractivity contribution in [3.63, 3.8) is 0 Å². The number of nitrogens with one attached hydrogen (secondary N) is 1.